The maximum Gasteiger partial charge on any atom is 0.161 e. The van der Waals surface area contributed by atoms with Gasteiger partial charge < -0.3 is 5.32 Å². The maximum atomic E-state index is 13.4. The summed E-state index contributed by atoms with van der Waals surface area (Å²) < 4.78 is 39.1. The van der Waals surface area contributed by atoms with Gasteiger partial charge in [0.05, 0.1) is 15.7 Å². The first kappa shape index (κ1) is 14.0. The van der Waals surface area contributed by atoms with Crippen LogP contribution < -0.4 is 5.32 Å². The molecular formula is C13H8Cl2F3N. The molecule has 0 saturated heterocycles. The highest BCUT2D eigenvalue weighted by atomic mass is 35.5. The molecular weight excluding hydrogens is 298 g/mol. The van der Waals surface area contributed by atoms with Crippen molar-refractivity contribution >= 4 is 28.9 Å². The number of nitrogens with one attached hydrogen (secondary N) is 1. The van der Waals surface area contributed by atoms with Gasteiger partial charge in [-0.05, 0) is 11.6 Å². The van der Waals surface area contributed by atoms with Crippen molar-refractivity contribution in [3.05, 3.63) is 63.4 Å². The van der Waals surface area contributed by atoms with E-state index in [0.29, 0.717) is 21.7 Å². The highest BCUT2D eigenvalue weighted by molar-refractivity contribution is 6.42. The standard InChI is InChI=1S/C13H8Cl2F3N/c14-8-3-1-2-7(13(8)15)6-19-12-5-10(17)9(16)4-11(12)18/h1-5,19H,6H2. The van der Waals surface area contributed by atoms with Gasteiger partial charge in [-0.3, -0.25) is 0 Å². The molecule has 0 atom stereocenters. The van der Waals surface area contributed by atoms with Crippen LogP contribution in [0.3, 0.4) is 0 Å². The molecule has 0 aliphatic heterocycles. The molecule has 0 bridgehead atoms. The molecule has 0 aromatic heterocycles. The summed E-state index contributed by atoms with van der Waals surface area (Å²) in [5, 5.41) is 3.34. The summed E-state index contributed by atoms with van der Waals surface area (Å²) in [6, 6.07) is 6.23. The van der Waals surface area contributed by atoms with E-state index in [1.807, 2.05) is 0 Å². The Bertz CT molecular complexity index is 617. The van der Waals surface area contributed by atoms with E-state index in [2.05, 4.69) is 5.32 Å². The van der Waals surface area contributed by atoms with E-state index >= 15 is 0 Å². The molecule has 0 unspecified atom stereocenters. The van der Waals surface area contributed by atoms with Gasteiger partial charge in [-0.1, -0.05) is 35.3 Å². The van der Waals surface area contributed by atoms with Crippen LogP contribution in [0.5, 0.6) is 0 Å². The van der Waals surface area contributed by atoms with Gasteiger partial charge in [0.2, 0.25) is 0 Å². The summed E-state index contributed by atoms with van der Waals surface area (Å²) in [5.41, 5.74) is 0.480. The molecule has 2 aromatic carbocycles. The Hall–Kier alpha value is -1.39. The van der Waals surface area contributed by atoms with Crippen molar-refractivity contribution in [3.8, 4) is 0 Å². The molecule has 2 rings (SSSR count). The third-order valence-electron chi connectivity index (χ3n) is 2.51. The van der Waals surface area contributed by atoms with Crippen LogP contribution in [-0.4, -0.2) is 0 Å². The molecule has 0 radical (unpaired) electrons. The summed E-state index contributed by atoms with van der Waals surface area (Å²) in [7, 11) is 0. The number of rotatable bonds is 3. The fourth-order valence-electron chi connectivity index (χ4n) is 1.53. The van der Waals surface area contributed by atoms with Crippen molar-refractivity contribution in [2.24, 2.45) is 0 Å². The highest BCUT2D eigenvalue weighted by Gasteiger charge is 2.10. The molecule has 0 aliphatic rings. The van der Waals surface area contributed by atoms with E-state index in [4.69, 9.17) is 23.2 Å². The summed E-state index contributed by atoms with van der Waals surface area (Å²) in [6.45, 7) is 0.140. The predicted molar refractivity (Wildman–Crippen MR) is 70.1 cm³/mol. The van der Waals surface area contributed by atoms with Gasteiger partial charge in [0, 0.05) is 18.7 Å². The van der Waals surface area contributed by atoms with Crippen molar-refractivity contribution in [1.29, 1.82) is 0 Å². The maximum absolute atomic E-state index is 13.4. The number of hydrogen-bond donors (Lipinski definition) is 1. The number of halogens is 5. The number of hydrogen-bond acceptors (Lipinski definition) is 1. The fraction of sp³-hybridized carbons (Fsp3) is 0.0769. The minimum Gasteiger partial charge on any atom is -0.378 e. The predicted octanol–water partition coefficient (Wildman–Crippen LogP) is 5.02. The molecule has 0 aliphatic carbocycles. The van der Waals surface area contributed by atoms with Crippen LogP contribution in [0.25, 0.3) is 0 Å². The Balaban J connectivity index is 2.19. The van der Waals surface area contributed by atoms with Crippen LogP contribution in [0.15, 0.2) is 30.3 Å². The van der Waals surface area contributed by atoms with Gasteiger partial charge in [0.15, 0.2) is 11.6 Å². The minimum atomic E-state index is -1.23. The van der Waals surface area contributed by atoms with Crippen LogP contribution in [-0.2, 0) is 6.54 Å². The van der Waals surface area contributed by atoms with E-state index in [9.17, 15) is 13.2 Å². The Morgan fingerprint density at radius 2 is 1.63 bits per heavy atom. The van der Waals surface area contributed by atoms with Crippen molar-refractivity contribution in [2.45, 2.75) is 6.54 Å². The van der Waals surface area contributed by atoms with Crippen LogP contribution >= 0.6 is 23.2 Å². The second-order valence-corrected chi connectivity index (χ2v) is 4.60. The Morgan fingerprint density at radius 3 is 2.37 bits per heavy atom. The average Bonchev–Trinajstić information content (AvgIpc) is 2.37. The lowest BCUT2D eigenvalue weighted by atomic mass is 10.2. The van der Waals surface area contributed by atoms with E-state index < -0.39 is 17.5 Å². The molecule has 0 fully saturated rings. The smallest absolute Gasteiger partial charge is 0.161 e. The van der Waals surface area contributed by atoms with E-state index in [1.165, 1.54) is 0 Å². The first-order chi connectivity index (χ1) is 8.99. The van der Waals surface area contributed by atoms with Gasteiger partial charge in [-0.25, -0.2) is 13.2 Å². The first-order valence-corrected chi connectivity index (χ1v) is 6.06. The lowest BCUT2D eigenvalue weighted by molar-refractivity contribution is 0.496. The Kier molecular flexibility index (Phi) is 4.22. The van der Waals surface area contributed by atoms with E-state index in [0.717, 1.165) is 6.07 Å². The molecule has 0 heterocycles. The highest BCUT2D eigenvalue weighted by Crippen LogP contribution is 2.26. The van der Waals surface area contributed by atoms with Crippen LogP contribution in [0, 0.1) is 17.5 Å². The molecule has 0 amide bonds. The van der Waals surface area contributed by atoms with Crippen molar-refractivity contribution in [1.82, 2.24) is 0 Å². The average molecular weight is 306 g/mol. The van der Waals surface area contributed by atoms with Crippen molar-refractivity contribution in [2.75, 3.05) is 5.32 Å². The molecule has 1 nitrogen and oxygen atoms in total. The van der Waals surface area contributed by atoms with Crippen LogP contribution in [0.2, 0.25) is 10.0 Å². The van der Waals surface area contributed by atoms with Gasteiger partial charge in [-0.2, -0.15) is 0 Å². The topological polar surface area (TPSA) is 12.0 Å². The monoisotopic (exact) mass is 305 g/mol. The number of anilines is 1. The van der Waals surface area contributed by atoms with Crippen LogP contribution in [0.4, 0.5) is 18.9 Å². The van der Waals surface area contributed by atoms with Gasteiger partial charge >= 0.3 is 0 Å². The Labute approximate surface area is 118 Å². The normalized spacial score (nSPS) is 10.6. The zero-order valence-corrected chi connectivity index (χ0v) is 11.0. The molecule has 1 N–H and O–H groups in total. The molecule has 2 aromatic rings. The van der Waals surface area contributed by atoms with Gasteiger partial charge in [-0.15, -0.1) is 0 Å². The van der Waals surface area contributed by atoms with E-state index in [-0.39, 0.29) is 12.2 Å². The second-order valence-electron chi connectivity index (χ2n) is 3.81. The fourth-order valence-corrected chi connectivity index (χ4v) is 1.92. The quantitative estimate of drug-likeness (QED) is 0.785. The summed E-state index contributed by atoms with van der Waals surface area (Å²) in [6.07, 6.45) is 0. The van der Waals surface area contributed by atoms with Gasteiger partial charge in [0.1, 0.15) is 5.82 Å². The number of benzene rings is 2. The largest absolute Gasteiger partial charge is 0.378 e. The molecule has 19 heavy (non-hydrogen) atoms. The lowest BCUT2D eigenvalue weighted by Gasteiger charge is -2.10. The third-order valence-corrected chi connectivity index (χ3v) is 3.37. The molecule has 0 saturated carbocycles. The second kappa shape index (κ2) is 5.72. The molecule has 6 heteroatoms. The third kappa shape index (κ3) is 3.14. The summed E-state index contributed by atoms with van der Waals surface area (Å²) in [5.74, 6) is -3.23. The first-order valence-electron chi connectivity index (χ1n) is 5.30. The van der Waals surface area contributed by atoms with Crippen LogP contribution in [0.1, 0.15) is 5.56 Å². The van der Waals surface area contributed by atoms with Gasteiger partial charge in [0.25, 0.3) is 0 Å². The zero-order valence-electron chi connectivity index (χ0n) is 9.48. The minimum absolute atomic E-state index is 0.140. The zero-order chi connectivity index (χ0) is 14.0. The summed E-state index contributed by atoms with van der Waals surface area (Å²) in [4.78, 5) is 0. The Morgan fingerprint density at radius 1 is 0.947 bits per heavy atom. The van der Waals surface area contributed by atoms with Crippen molar-refractivity contribution in [3.63, 3.8) is 0 Å². The molecule has 100 valence electrons. The lowest BCUT2D eigenvalue weighted by Crippen LogP contribution is -2.03. The SMILES string of the molecule is Fc1cc(F)c(NCc2cccc(Cl)c2Cl)cc1F. The van der Waals surface area contributed by atoms with E-state index in [1.54, 1.807) is 18.2 Å². The summed E-state index contributed by atoms with van der Waals surface area (Å²) >= 11 is 11.8. The molecule has 0 spiro atoms. The van der Waals surface area contributed by atoms with Crippen molar-refractivity contribution < 1.29 is 13.2 Å².